The van der Waals surface area contributed by atoms with Crippen LogP contribution < -0.4 is 15.0 Å². The lowest BCUT2D eigenvalue weighted by Gasteiger charge is -2.56. The van der Waals surface area contributed by atoms with Gasteiger partial charge in [-0.05, 0) is 61.4 Å². The van der Waals surface area contributed by atoms with E-state index in [2.05, 4.69) is 26.2 Å². The molecule has 0 spiro atoms. The summed E-state index contributed by atoms with van der Waals surface area (Å²) >= 11 is 0. The van der Waals surface area contributed by atoms with Gasteiger partial charge in [-0.3, -0.25) is 9.59 Å². The fraction of sp³-hybridized carbons (Fsp3) is 0.480. The van der Waals surface area contributed by atoms with Crippen LogP contribution in [0.4, 0.5) is 5.82 Å². The molecular weight excluding hydrogens is 404 g/mol. The molecule has 3 aliphatic heterocycles. The molecule has 3 aliphatic rings. The number of rotatable bonds is 5. The molecule has 3 saturated heterocycles. The smallest absolute Gasteiger partial charge is 0.251 e. The molecule has 32 heavy (non-hydrogen) atoms. The lowest BCUT2D eigenvalue weighted by atomic mass is 9.72. The topological polar surface area (TPSA) is 74.8 Å². The number of anilines is 1. The van der Waals surface area contributed by atoms with E-state index >= 15 is 0 Å². The van der Waals surface area contributed by atoms with Gasteiger partial charge in [0.1, 0.15) is 11.6 Å². The van der Waals surface area contributed by atoms with Gasteiger partial charge in [0.2, 0.25) is 5.91 Å². The number of hydrogen-bond donors (Lipinski definition) is 1. The first-order chi connectivity index (χ1) is 15.6. The quantitative estimate of drug-likeness (QED) is 0.783. The number of fused-ring (bicyclic) bond motifs is 4. The molecule has 0 unspecified atom stereocenters. The standard InChI is InChI=1S/C25H30N4O3/c1-32-20-7-4-6-17(13-20)25(31)27-14-22-19-12-18(21-8-5-10-24(30)29(21)22)15-28(16-19)23-9-2-3-11-26-23/h2-4,6-7,9,11,13,18-19,21-22H,5,8,10,12,14-16H2,1H3,(H,27,31)/t18-,19+,21+,22+/m1/s1. The van der Waals surface area contributed by atoms with Crippen molar-refractivity contribution in [3.63, 3.8) is 0 Å². The molecule has 1 N–H and O–H groups in total. The van der Waals surface area contributed by atoms with E-state index in [0.29, 0.717) is 36.1 Å². The monoisotopic (exact) mass is 434 g/mol. The van der Waals surface area contributed by atoms with Crippen LogP contribution in [-0.4, -0.2) is 60.5 Å². The maximum absolute atomic E-state index is 13.0. The number of pyridine rings is 1. The number of nitrogens with one attached hydrogen (secondary N) is 1. The summed E-state index contributed by atoms with van der Waals surface area (Å²) in [6.45, 7) is 2.25. The second-order valence-corrected chi connectivity index (χ2v) is 9.12. The number of benzene rings is 1. The molecule has 2 amide bonds. The second kappa shape index (κ2) is 8.81. The van der Waals surface area contributed by atoms with E-state index in [0.717, 1.165) is 38.2 Å². The van der Waals surface area contributed by atoms with Crippen LogP contribution in [-0.2, 0) is 4.79 Å². The fourth-order valence-corrected chi connectivity index (χ4v) is 5.83. The number of carbonyl (C=O) groups is 2. The minimum Gasteiger partial charge on any atom is -0.497 e. The molecule has 0 saturated carbocycles. The van der Waals surface area contributed by atoms with Crippen LogP contribution in [0.5, 0.6) is 5.75 Å². The van der Waals surface area contributed by atoms with Crippen molar-refractivity contribution in [2.75, 3.05) is 31.6 Å². The molecule has 168 valence electrons. The SMILES string of the molecule is COc1cccc(C(=O)NC[C@H]2[C@H]3C[C@H](CN(c4ccccn4)C3)[C@@H]3CCCC(=O)N32)c1. The van der Waals surface area contributed by atoms with E-state index in [4.69, 9.17) is 4.74 Å². The van der Waals surface area contributed by atoms with Crippen molar-refractivity contribution >= 4 is 17.6 Å². The minimum absolute atomic E-state index is 0.00474. The molecule has 7 heteroatoms. The summed E-state index contributed by atoms with van der Waals surface area (Å²) in [5.41, 5.74) is 0.568. The van der Waals surface area contributed by atoms with Crippen molar-refractivity contribution in [2.24, 2.45) is 11.8 Å². The molecule has 3 fully saturated rings. The average Bonchev–Trinajstić information content (AvgIpc) is 2.84. The Balaban J connectivity index is 1.36. The highest BCUT2D eigenvalue weighted by Gasteiger charge is 2.49. The number of piperidine rings is 3. The molecule has 7 nitrogen and oxygen atoms in total. The van der Waals surface area contributed by atoms with Crippen molar-refractivity contribution in [2.45, 2.75) is 37.8 Å². The van der Waals surface area contributed by atoms with Gasteiger partial charge in [-0.15, -0.1) is 0 Å². The van der Waals surface area contributed by atoms with Crippen LogP contribution in [0.1, 0.15) is 36.0 Å². The predicted octanol–water partition coefficient (Wildman–Crippen LogP) is 2.73. The summed E-state index contributed by atoms with van der Waals surface area (Å²) in [6, 6.07) is 13.4. The largest absolute Gasteiger partial charge is 0.497 e. The highest BCUT2D eigenvalue weighted by atomic mass is 16.5. The first-order valence-electron chi connectivity index (χ1n) is 11.5. The summed E-state index contributed by atoms with van der Waals surface area (Å²) in [5.74, 6) is 2.51. The third-order valence-electron chi connectivity index (χ3n) is 7.27. The Labute approximate surface area is 188 Å². The first-order valence-corrected chi connectivity index (χ1v) is 11.5. The summed E-state index contributed by atoms with van der Waals surface area (Å²) in [7, 11) is 1.59. The number of methoxy groups -OCH3 is 1. The molecule has 1 aromatic heterocycles. The van der Waals surface area contributed by atoms with Crippen LogP contribution in [0.2, 0.25) is 0 Å². The average molecular weight is 435 g/mol. The normalized spacial score (nSPS) is 27.0. The lowest BCUT2D eigenvalue weighted by Crippen LogP contribution is -2.67. The van der Waals surface area contributed by atoms with Gasteiger partial charge in [-0.25, -0.2) is 4.98 Å². The maximum atomic E-state index is 13.0. The number of amides is 2. The number of hydrogen-bond acceptors (Lipinski definition) is 5. The van der Waals surface area contributed by atoms with Gasteiger partial charge in [0.15, 0.2) is 0 Å². The summed E-state index contributed by atoms with van der Waals surface area (Å²) in [4.78, 5) is 34.9. The van der Waals surface area contributed by atoms with Gasteiger partial charge in [-0.2, -0.15) is 0 Å². The van der Waals surface area contributed by atoms with Crippen LogP contribution in [0.25, 0.3) is 0 Å². The highest BCUT2D eigenvalue weighted by molar-refractivity contribution is 5.94. The van der Waals surface area contributed by atoms with E-state index in [1.54, 1.807) is 19.2 Å². The van der Waals surface area contributed by atoms with Crippen LogP contribution >= 0.6 is 0 Å². The zero-order valence-corrected chi connectivity index (χ0v) is 18.4. The van der Waals surface area contributed by atoms with Crippen LogP contribution in [0.3, 0.4) is 0 Å². The van der Waals surface area contributed by atoms with Crippen molar-refractivity contribution in [1.82, 2.24) is 15.2 Å². The van der Waals surface area contributed by atoms with Gasteiger partial charge < -0.3 is 19.9 Å². The van der Waals surface area contributed by atoms with E-state index in [9.17, 15) is 9.59 Å². The van der Waals surface area contributed by atoms with Crippen molar-refractivity contribution in [3.05, 3.63) is 54.2 Å². The molecule has 4 heterocycles. The zero-order valence-electron chi connectivity index (χ0n) is 18.4. The molecule has 2 bridgehead atoms. The van der Waals surface area contributed by atoms with Crippen LogP contribution in [0, 0.1) is 11.8 Å². The number of ether oxygens (including phenoxy) is 1. The number of aromatic nitrogens is 1. The van der Waals surface area contributed by atoms with Crippen molar-refractivity contribution in [3.8, 4) is 5.75 Å². The first kappa shape index (κ1) is 20.8. The Hall–Kier alpha value is -3.09. The third kappa shape index (κ3) is 3.92. The molecule has 4 atom stereocenters. The predicted molar refractivity (Wildman–Crippen MR) is 122 cm³/mol. The zero-order chi connectivity index (χ0) is 22.1. The molecule has 0 radical (unpaired) electrons. The number of nitrogens with zero attached hydrogens (tertiary/aromatic N) is 3. The molecule has 5 rings (SSSR count). The molecule has 1 aromatic carbocycles. The van der Waals surface area contributed by atoms with Gasteiger partial charge in [0.25, 0.3) is 5.91 Å². The minimum atomic E-state index is -0.135. The van der Waals surface area contributed by atoms with Gasteiger partial charge in [0.05, 0.1) is 13.2 Å². The molecular formula is C25H30N4O3. The van der Waals surface area contributed by atoms with Crippen molar-refractivity contribution in [1.29, 1.82) is 0 Å². The Morgan fingerprint density at radius 2 is 2.06 bits per heavy atom. The Morgan fingerprint density at radius 1 is 1.19 bits per heavy atom. The Kier molecular flexibility index (Phi) is 5.72. The van der Waals surface area contributed by atoms with Crippen LogP contribution in [0.15, 0.2) is 48.7 Å². The van der Waals surface area contributed by atoms with Gasteiger partial charge in [-0.1, -0.05) is 12.1 Å². The summed E-state index contributed by atoms with van der Waals surface area (Å²) in [5, 5.41) is 3.11. The third-order valence-corrected chi connectivity index (χ3v) is 7.27. The fourth-order valence-electron chi connectivity index (χ4n) is 5.83. The Morgan fingerprint density at radius 3 is 2.88 bits per heavy atom. The maximum Gasteiger partial charge on any atom is 0.251 e. The summed E-state index contributed by atoms with van der Waals surface area (Å²) in [6.07, 6.45) is 5.53. The molecule has 2 aromatic rings. The van der Waals surface area contributed by atoms with E-state index in [1.165, 1.54) is 0 Å². The number of carbonyl (C=O) groups excluding carboxylic acids is 2. The highest BCUT2D eigenvalue weighted by Crippen LogP contribution is 2.42. The molecule has 0 aliphatic carbocycles. The van der Waals surface area contributed by atoms with E-state index < -0.39 is 0 Å². The Bertz CT molecular complexity index is 982. The lowest BCUT2D eigenvalue weighted by molar-refractivity contribution is -0.148. The van der Waals surface area contributed by atoms with E-state index in [1.807, 2.05) is 30.5 Å². The van der Waals surface area contributed by atoms with Gasteiger partial charge >= 0.3 is 0 Å². The summed E-state index contributed by atoms with van der Waals surface area (Å²) < 4.78 is 5.25. The van der Waals surface area contributed by atoms with E-state index in [-0.39, 0.29) is 23.9 Å². The van der Waals surface area contributed by atoms with Gasteiger partial charge in [0, 0.05) is 43.9 Å². The van der Waals surface area contributed by atoms with Crippen molar-refractivity contribution < 1.29 is 14.3 Å². The second-order valence-electron chi connectivity index (χ2n) is 9.12.